The van der Waals surface area contributed by atoms with Crippen LogP contribution in [-0.4, -0.2) is 37.6 Å². The lowest BCUT2D eigenvalue weighted by Crippen LogP contribution is -2.43. The number of benzene rings is 1. The molecule has 1 aliphatic rings. The first-order valence-corrected chi connectivity index (χ1v) is 7.58. The van der Waals surface area contributed by atoms with Gasteiger partial charge < -0.3 is 10.2 Å². The number of nitrogens with one attached hydrogen (secondary N) is 1. The van der Waals surface area contributed by atoms with E-state index in [4.69, 9.17) is 0 Å². The number of hydrogen-bond acceptors (Lipinski definition) is 2. The predicted octanol–water partition coefficient (Wildman–Crippen LogP) is 3.01. The summed E-state index contributed by atoms with van der Waals surface area (Å²) in [6.45, 7) is 15.0. The van der Waals surface area contributed by atoms with Gasteiger partial charge in [-0.15, -0.1) is 0 Å². The van der Waals surface area contributed by atoms with Gasteiger partial charge in [-0.3, -0.25) is 0 Å². The van der Waals surface area contributed by atoms with Gasteiger partial charge >= 0.3 is 0 Å². The quantitative estimate of drug-likeness (QED) is 0.895. The Kier molecular flexibility index (Phi) is 5.00. The third-order valence-corrected chi connectivity index (χ3v) is 4.50. The van der Waals surface area contributed by atoms with Crippen LogP contribution < -0.4 is 5.32 Å². The molecular weight excluding hydrogens is 232 g/mol. The van der Waals surface area contributed by atoms with Crippen molar-refractivity contribution in [3.63, 3.8) is 0 Å². The maximum atomic E-state index is 3.42. The number of nitrogens with zero attached hydrogens (tertiary/aromatic N) is 1. The minimum absolute atomic E-state index is 0.661. The van der Waals surface area contributed by atoms with Crippen molar-refractivity contribution in [1.82, 2.24) is 10.2 Å². The van der Waals surface area contributed by atoms with Crippen LogP contribution in [0.1, 0.15) is 41.5 Å². The standard InChI is InChI=1S/C17H28N2/c1-13(5-8-19-9-6-18-7-10-19)17-12-15(3)14(2)11-16(17)4/h11-13,18H,5-10H2,1-4H3. The smallest absolute Gasteiger partial charge is 0.0107 e. The van der Waals surface area contributed by atoms with Crippen molar-refractivity contribution < 1.29 is 0 Å². The number of hydrogen-bond donors (Lipinski definition) is 1. The van der Waals surface area contributed by atoms with Gasteiger partial charge in [-0.1, -0.05) is 19.1 Å². The average Bonchev–Trinajstić information content (AvgIpc) is 2.41. The average molecular weight is 260 g/mol. The van der Waals surface area contributed by atoms with Gasteiger partial charge in [0.2, 0.25) is 0 Å². The van der Waals surface area contributed by atoms with Crippen LogP contribution in [0.2, 0.25) is 0 Å². The molecule has 2 heteroatoms. The van der Waals surface area contributed by atoms with Gasteiger partial charge in [-0.2, -0.15) is 0 Å². The van der Waals surface area contributed by atoms with E-state index in [1.165, 1.54) is 42.7 Å². The van der Waals surface area contributed by atoms with Crippen molar-refractivity contribution in [3.8, 4) is 0 Å². The molecule has 1 aliphatic heterocycles. The third-order valence-electron chi connectivity index (χ3n) is 4.50. The van der Waals surface area contributed by atoms with E-state index in [0.29, 0.717) is 5.92 Å². The highest BCUT2D eigenvalue weighted by Crippen LogP contribution is 2.25. The number of piperazine rings is 1. The molecule has 2 rings (SSSR count). The van der Waals surface area contributed by atoms with Crippen LogP contribution in [0.15, 0.2) is 12.1 Å². The van der Waals surface area contributed by atoms with E-state index < -0.39 is 0 Å². The summed E-state index contributed by atoms with van der Waals surface area (Å²) < 4.78 is 0. The molecule has 1 N–H and O–H groups in total. The zero-order valence-corrected chi connectivity index (χ0v) is 12.9. The molecular formula is C17H28N2. The monoisotopic (exact) mass is 260 g/mol. The first-order chi connectivity index (χ1) is 9.08. The van der Waals surface area contributed by atoms with Crippen LogP contribution in [-0.2, 0) is 0 Å². The molecule has 0 radical (unpaired) electrons. The van der Waals surface area contributed by atoms with Gasteiger partial charge in [0.05, 0.1) is 0 Å². The molecule has 1 aromatic rings. The molecule has 0 bridgehead atoms. The van der Waals surface area contributed by atoms with Crippen molar-refractivity contribution in [2.24, 2.45) is 0 Å². The van der Waals surface area contributed by atoms with Gasteiger partial charge in [0, 0.05) is 26.2 Å². The molecule has 0 spiro atoms. The molecule has 19 heavy (non-hydrogen) atoms. The Labute approximate surface area is 118 Å². The summed E-state index contributed by atoms with van der Waals surface area (Å²) in [6, 6.07) is 4.74. The second-order valence-electron chi connectivity index (χ2n) is 6.07. The SMILES string of the molecule is Cc1cc(C)c(C(C)CCN2CCNCC2)cc1C. The lowest BCUT2D eigenvalue weighted by molar-refractivity contribution is 0.234. The lowest BCUT2D eigenvalue weighted by atomic mass is 9.90. The summed E-state index contributed by atoms with van der Waals surface area (Å²) in [5, 5.41) is 3.42. The third kappa shape index (κ3) is 3.80. The van der Waals surface area contributed by atoms with E-state index >= 15 is 0 Å². The molecule has 1 heterocycles. The largest absolute Gasteiger partial charge is 0.314 e. The Balaban J connectivity index is 1.95. The molecule has 0 amide bonds. The fourth-order valence-corrected chi connectivity index (χ4v) is 2.98. The number of rotatable bonds is 4. The van der Waals surface area contributed by atoms with Crippen molar-refractivity contribution >= 4 is 0 Å². The Hall–Kier alpha value is -0.860. The van der Waals surface area contributed by atoms with Crippen molar-refractivity contribution in [1.29, 1.82) is 0 Å². The Morgan fingerprint density at radius 1 is 1.05 bits per heavy atom. The molecule has 1 atom stereocenters. The topological polar surface area (TPSA) is 15.3 Å². The normalized spacial score (nSPS) is 18.5. The van der Waals surface area contributed by atoms with E-state index in [1.807, 2.05) is 0 Å². The lowest BCUT2D eigenvalue weighted by Gasteiger charge is -2.28. The van der Waals surface area contributed by atoms with Crippen LogP contribution in [0.5, 0.6) is 0 Å². The van der Waals surface area contributed by atoms with Crippen LogP contribution in [0, 0.1) is 20.8 Å². The zero-order chi connectivity index (χ0) is 13.8. The van der Waals surface area contributed by atoms with Crippen LogP contribution in [0.25, 0.3) is 0 Å². The second kappa shape index (κ2) is 6.53. The molecule has 0 aromatic heterocycles. The number of aryl methyl sites for hydroxylation is 3. The van der Waals surface area contributed by atoms with Gasteiger partial charge in [-0.05, 0) is 61.9 Å². The highest BCUT2D eigenvalue weighted by molar-refractivity contribution is 5.38. The van der Waals surface area contributed by atoms with Crippen LogP contribution >= 0.6 is 0 Å². The summed E-state index contributed by atoms with van der Waals surface area (Å²) in [5.41, 5.74) is 5.83. The maximum absolute atomic E-state index is 3.42. The van der Waals surface area contributed by atoms with Gasteiger partial charge in [0.15, 0.2) is 0 Å². The molecule has 2 nitrogen and oxygen atoms in total. The fourth-order valence-electron chi connectivity index (χ4n) is 2.98. The minimum atomic E-state index is 0.661. The molecule has 1 unspecified atom stereocenters. The minimum Gasteiger partial charge on any atom is -0.314 e. The Morgan fingerprint density at radius 2 is 1.68 bits per heavy atom. The molecule has 0 saturated carbocycles. The van der Waals surface area contributed by atoms with E-state index in [2.05, 4.69) is 50.0 Å². The molecule has 1 saturated heterocycles. The Bertz CT molecular complexity index is 420. The van der Waals surface area contributed by atoms with E-state index in [-0.39, 0.29) is 0 Å². The molecule has 1 aromatic carbocycles. The molecule has 0 aliphatic carbocycles. The first kappa shape index (κ1) is 14.5. The van der Waals surface area contributed by atoms with Crippen molar-refractivity contribution in [2.45, 2.75) is 40.0 Å². The van der Waals surface area contributed by atoms with Gasteiger partial charge in [0.25, 0.3) is 0 Å². The van der Waals surface area contributed by atoms with E-state index in [1.54, 1.807) is 5.56 Å². The summed E-state index contributed by atoms with van der Waals surface area (Å²) >= 11 is 0. The Morgan fingerprint density at radius 3 is 2.37 bits per heavy atom. The van der Waals surface area contributed by atoms with E-state index in [9.17, 15) is 0 Å². The summed E-state index contributed by atoms with van der Waals surface area (Å²) in [6.07, 6.45) is 1.27. The van der Waals surface area contributed by atoms with Gasteiger partial charge in [-0.25, -0.2) is 0 Å². The van der Waals surface area contributed by atoms with Crippen molar-refractivity contribution in [2.75, 3.05) is 32.7 Å². The maximum Gasteiger partial charge on any atom is 0.0107 e. The molecule has 106 valence electrons. The summed E-state index contributed by atoms with van der Waals surface area (Å²) in [7, 11) is 0. The summed E-state index contributed by atoms with van der Waals surface area (Å²) in [5.74, 6) is 0.661. The highest BCUT2D eigenvalue weighted by Gasteiger charge is 2.14. The first-order valence-electron chi connectivity index (χ1n) is 7.58. The fraction of sp³-hybridized carbons (Fsp3) is 0.647. The van der Waals surface area contributed by atoms with E-state index in [0.717, 1.165) is 13.1 Å². The van der Waals surface area contributed by atoms with Gasteiger partial charge in [0.1, 0.15) is 0 Å². The second-order valence-corrected chi connectivity index (χ2v) is 6.07. The highest BCUT2D eigenvalue weighted by atomic mass is 15.2. The van der Waals surface area contributed by atoms with Crippen LogP contribution in [0.3, 0.4) is 0 Å². The van der Waals surface area contributed by atoms with Crippen LogP contribution in [0.4, 0.5) is 0 Å². The predicted molar refractivity (Wildman–Crippen MR) is 83.0 cm³/mol. The van der Waals surface area contributed by atoms with Crippen molar-refractivity contribution in [3.05, 3.63) is 34.4 Å². The molecule has 1 fully saturated rings. The zero-order valence-electron chi connectivity index (χ0n) is 12.9. The summed E-state index contributed by atoms with van der Waals surface area (Å²) in [4.78, 5) is 2.59.